The highest BCUT2D eigenvalue weighted by molar-refractivity contribution is 7.92. The van der Waals surface area contributed by atoms with Gasteiger partial charge in [-0.3, -0.25) is 4.72 Å². The van der Waals surface area contributed by atoms with Crippen LogP contribution in [0.15, 0.2) is 47.4 Å². The molecule has 2 fully saturated rings. The molecule has 2 saturated heterocycles. The second kappa shape index (κ2) is 13.5. The second-order valence-electron chi connectivity index (χ2n) is 10.8. The van der Waals surface area contributed by atoms with Crippen LogP contribution in [0, 0.1) is 5.92 Å². The summed E-state index contributed by atoms with van der Waals surface area (Å²) in [5, 5.41) is 35.5. The van der Waals surface area contributed by atoms with Crippen LogP contribution in [-0.2, 0) is 24.8 Å². The summed E-state index contributed by atoms with van der Waals surface area (Å²) in [6, 6.07) is 8.55. The highest BCUT2D eigenvalue weighted by Gasteiger charge is 2.34. The van der Waals surface area contributed by atoms with Gasteiger partial charge in [0.1, 0.15) is 11.8 Å². The number of nitrogens with zero attached hydrogens (tertiary/aromatic N) is 2. The smallest absolute Gasteiger partial charge is 0.326 e. The van der Waals surface area contributed by atoms with Crippen LogP contribution in [0.5, 0.6) is 5.75 Å². The lowest BCUT2D eigenvalue weighted by Gasteiger charge is -2.31. The van der Waals surface area contributed by atoms with Crippen LogP contribution >= 0.6 is 0 Å². The monoisotopic (exact) mass is 639 g/mol. The molecular weight excluding hydrogens is 602 g/mol. The lowest BCUT2D eigenvalue weighted by atomic mass is 9.98. The van der Waals surface area contributed by atoms with E-state index in [1.54, 1.807) is 0 Å². The SMILES string of the molecule is CS(=O)(=O)Nc1cc([C@@H](O)CNCC2CCN(S(=O)(=O)c3ccc(NC(=O)N4CCC[C@H]4C(=O)O)cc3)CC2)ccc1O. The number of aliphatic carboxylic acids is 1. The molecule has 0 unspecified atom stereocenters. The Hall–Kier alpha value is -3.44. The number of anilines is 2. The van der Waals surface area contributed by atoms with Gasteiger partial charge in [0.2, 0.25) is 20.0 Å². The minimum Gasteiger partial charge on any atom is -0.506 e. The van der Waals surface area contributed by atoms with Crippen LogP contribution in [-0.4, -0.2) is 98.4 Å². The number of sulfonamides is 2. The number of amides is 2. The number of aromatic hydroxyl groups is 1. The number of carboxylic acid groups (broad SMARTS) is 1. The predicted molar refractivity (Wildman–Crippen MR) is 159 cm³/mol. The van der Waals surface area contributed by atoms with E-state index in [4.69, 9.17) is 0 Å². The Morgan fingerprint density at radius 1 is 1.00 bits per heavy atom. The average molecular weight is 640 g/mol. The minimum absolute atomic E-state index is 0.0250. The summed E-state index contributed by atoms with van der Waals surface area (Å²) in [5.74, 6) is -1.13. The predicted octanol–water partition coefficient (Wildman–Crippen LogP) is 1.57. The number of benzene rings is 2. The molecule has 2 heterocycles. The zero-order valence-corrected chi connectivity index (χ0v) is 25.3. The second-order valence-corrected chi connectivity index (χ2v) is 14.5. The van der Waals surface area contributed by atoms with Crippen molar-refractivity contribution in [3.05, 3.63) is 48.0 Å². The third-order valence-corrected chi connectivity index (χ3v) is 10.1. The van der Waals surface area contributed by atoms with Gasteiger partial charge >= 0.3 is 12.0 Å². The molecule has 14 nitrogen and oxygen atoms in total. The molecule has 0 aliphatic carbocycles. The third kappa shape index (κ3) is 8.35. The Kier molecular flexibility index (Phi) is 10.2. The van der Waals surface area contributed by atoms with E-state index in [2.05, 4.69) is 15.4 Å². The molecule has 2 aromatic carbocycles. The third-order valence-electron chi connectivity index (χ3n) is 7.59. The van der Waals surface area contributed by atoms with E-state index in [9.17, 15) is 41.7 Å². The Bertz CT molecular complexity index is 1530. The first-order chi connectivity index (χ1) is 20.2. The standard InChI is InChI=1S/C27H37N5O9S2/c1-42(38,39)30-22-15-19(4-9-24(22)33)25(34)17-28-16-18-10-13-31(14-11-18)43(40,41)21-7-5-20(6-8-21)29-27(37)32-12-2-3-23(32)26(35)36/h4-9,15,18,23,25,28,30,33-34H,2-3,10-14,16-17H2,1H3,(H,29,37)(H,35,36)/t23-,25-/m0/s1. The van der Waals surface area contributed by atoms with E-state index >= 15 is 0 Å². The average Bonchev–Trinajstić information content (AvgIpc) is 3.45. The number of likely N-dealkylation sites (tertiary alicyclic amines) is 1. The van der Waals surface area contributed by atoms with Crippen molar-refractivity contribution in [3.63, 3.8) is 0 Å². The number of hydrogen-bond acceptors (Lipinski definition) is 9. The largest absolute Gasteiger partial charge is 0.506 e. The number of carbonyl (C=O) groups is 2. The molecule has 43 heavy (non-hydrogen) atoms. The Labute approximate surface area is 250 Å². The van der Waals surface area contributed by atoms with Crippen LogP contribution in [0.1, 0.15) is 37.4 Å². The molecule has 2 aliphatic rings. The summed E-state index contributed by atoms with van der Waals surface area (Å²) in [6.07, 6.45) is 2.22. The zero-order chi connectivity index (χ0) is 31.4. The molecule has 16 heteroatoms. The van der Waals surface area contributed by atoms with Crippen molar-refractivity contribution < 1.29 is 41.7 Å². The molecule has 2 amide bonds. The molecule has 0 spiro atoms. The maximum absolute atomic E-state index is 13.2. The molecule has 236 valence electrons. The highest BCUT2D eigenvalue weighted by Crippen LogP contribution is 2.28. The van der Waals surface area contributed by atoms with E-state index < -0.39 is 44.2 Å². The van der Waals surface area contributed by atoms with Gasteiger partial charge in [0.25, 0.3) is 0 Å². The number of phenols is 1. The normalized spacial score (nSPS) is 19.2. The van der Waals surface area contributed by atoms with Gasteiger partial charge in [-0.25, -0.2) is 26.4 Å². The summed E-state index contributed by atoms with van der Waals surface area (Å²) < 4.78 is 53.0. The number of urea groups is 1. The molecule has 0 bridgehead atoms. The van der Waals surface area contributed by atoms with Crippen molar-refractivity contribution >= 4 is 43.4 Å². The van der Waals surface area contributed by atoms with Gasteiger partial charge in [0.05, 0.1) is 22.9 Å². The number of aliphatic hydroxyl groups excluding tert-OH is 1. The number of carboxylic acids is 1. The van der Waals surface area contributed by atoms with Gasteiger partial charge in [-0.1, -0.05) is 6.07 Å². The maximum atomic E-state index is 13.2. The summed E-state index contributed by atoms with van der Waals surface area (Å²) in [6.45, 7) is 1.70. The molecule has 6 N–H and O–H groups in total. The van der Waals surface area contributed by atoms with E-state index in [1.807, 2.05) is 0 Å². The van der Waals surface area contributed by atoms with E-state index in [-0.39, 0.29) is 28.8 Å². The number of nitrogens with one attached hydrogen (secondary N) is 3. The van der Waals surface area contributed by atoms with Crippen molar-refractivity contribution in [2.75, 3.05) is 49.0 Å². The first kappa shape index (κ1) is 32.5. The fraction of sp³-hybridized carbons (Fsp3) is 0.481. The molecule has 0 saturated carbocycles. The van der Waals surface area contributed by atoms with Crippen LogP contribution in [0.4, 0.5) is 16.2 Å². The fourth-order valence-corrected chi connectivity index (χ4v) is 7.29. The number of hydrogen-bond donors (Lipinski definition) is 6. The number of carbonyl (C=O) groups excluding carboxylic acids is 1. The summed E-state index contributed by atoms with van der Waals surface area (Å²) in [5.41, 5.74) is 0.758. The van der Waals surface area contributed by atoms with Crippen molar-refractivity contribution in [2.24, 2.45) is 5.92 Å². The topological polar surface area (TPSA) is 206 Å². The van der Waals surface area contributed by atoms with E-state index in [0.717, 1.165) is 6.26 Å². The summed E-state index contributed by atoms with van der Waals surface area (Å²) >= 11 is 0. The molecule has 2 atom stereocenters. The van der Waals surface area contributed by atoms with Crippen LogP contribution in [0.25, 0.3) is 0 Å². The van der Waals surface area contributed by atoms with Gasteiger partial charge in [0, 0.05) is 31.9 Å². The molecule has 2 aliphatic heterocycles. The van der Waals surface area contributed by atoms with Gasteiger partial charge in [-0.2, -0.15) is 4.31 Å². The highest BCUT2D eigenvalue weighted by atomic mass is 32.2. The first-order valence-corrected chi connectivity index (χ1v) is 17.2. The van der Waals surface area contributed by atoms with Gasteiger partial charge < -0.3 is 30.9 Å². The quantitative estimate of drug-likeness (QED) is 0.196. The van der Waals surface area contributed by atoms with Gasteiger partial charge in [-0.05, 0) is 80.1 Å². The van der Waals surface area contributed by atoms with Crippen molar-refractivity contribution in [1.82, 2.24) is 14.5 Å². The van der Waals surface area contributed by atoms with Crippen LogP contribution in [0.3, 0.4) is 0 Å². The minimum atomic E-state index is -3.75. The van der Waals surface area contributed by atoms with Gasteiger partial charge in [0.15, 0.2) is 0 Å². The lowest BCUT2D eigenvalue weighted by Crippen LogP contribution is -2.42. The first-order valence-electron chi connectivity index (χ1n) is 13.8. The van der Waals surface area contributed by atoms with Crippen LogP contribution < -0.4 is 15.4 Å². The van der Waals surface area contributed by atoms with Crippen molar-refractivity contribution in [2.45, 2.75) is 42.7 Å². The zero-order valence-electron chi connectivity index (χ0n) is 23.6. The van der Waals surface area contributed by atoms with Crippen LogP contribution in [0.2, 0.25) is 0 Å². The van der Waals surface area contributed by atoms with Crippen molar-refractivity contribution in [1.29, 1.82) is 0 Å². The number of phenolic OH excluding ortho intramolecular Hbond substituents is 1. The maximum Gasteiger partial charge on any atom is 0.326 e. The number of rotatable bonds is 11. The van der Waals surface area contributed by atoms with E-state index in [0.29, 0.717) is 63.1 Å². The Morgan fingerprint density at radius 2 is 1.67 bits per heavy atom. The number of aliphatic hydroxyl groups is 1. The molecule has 0 aromatic heterocycles. The molecule has 4 rings (SSSR count). The number of piperidine rings is 1. The van der Waals surface area contributed by atoms with Crippen molar-refractivity contribution in [3.8, 4) is 5.75 Å². The summed E-state index contributed by atoms with van der Waals surface area (Å²) in [7, 11) is -7.36. The Balaban J connectivity index is 1.24. The Morgan fingerprint density at radius 3 is 2.30 bits per heavy atom. The molecule has 0 radical (unpaired) electrons. The van der Waals surface area contributed by atoms with E-state index in [1.165, 1.54) is 51.7 Å². The lowest BCUT2D eigenvalue weighted by molar-refractivity contribution is -0.141. The molecular formula is C27H37N5O9S2. The summed E-state index contributed by atoms with van der Waals surface area (Å²) in [4.78, 5) is 25.2. The molecule has 2 aromatic rings. The fourth-order valence-electron chi connectivity index (χ4n) is 5.26. The van der Waals surface area contributed by atoms with Gasteiger partial charge in [-0.15, -0.1) is 0 Å².